The zero-order chi connectivity index (χ0) is 5.70. The van der Waals surface area contributed by atoms with Crippen molar-refractivity contribution < 1.29 is 5.11 Å². The van der Waals surface area contributed by atoms with E-state index in [1.165, 1.54) is 0 Å². The molecule has 0 rings (SSSR count). The van der Waals surface area contributed by atoms with Crippen LogP contribution in [-0.2, 0) is 0 Å². The van der Waals surface area contributed by atoms with E-state index in [-0.39, 0.29) is 6.54 Å². The number of aliphatic hydroxyl groups is 1. The first-order valence-electron chi connectivity index (χ1n) is 1.96. The maximum atomic E-state index is 8.42. The van der Waals surface area contributed by atoms with E-state index < -0.39 is 6.10 Å². The lowest BCUT2D eigenvalue weighted by molar-refractivity contribution is 0.203. The van der Waals surface area contributed by atoms with E-state index in [0.717, 1.165) is 0 Å². The molecule has 1 unspecified atom stereocenters. The van der Waals surface area contributed by atoms with Crippen molar-refractivity contribution in [1.29, 1.82) is 0 Å². The number of rotatable bonds is 2. The lowest BCUT2D eigenvalue weighted by Crippen LogP contribution is -2.01. The van der Waals surface area contributed by atoms with Gasteiger partial charge < -0.3 is 5.11 Å². The SMILES string of the molecule is CC(O)CN=[N+]=[N-]. The van der Waals surface area contributed by atoms with Crippen molar-refractivity contribution in [2.75, 3.05) is 6.54 Å². The Morgan fingerprint density at radius 3 is 2.71 bits per heavy atom. The standard InChI is InChI=1S/C3H7N3O/c1-3(7)2-5-6-4/h3,7H,2H2,1H3. The van der Waals surface area contributed by atoms with Gasteiger partial charge in [-0.1, -0.05) is 5.11 Å². The first-order chi connectivity index (χ1) is 3.27. The van der Waals surface area contributed by atoms with E-state index in [4.69, 9.17) is 10.6 Å². The summed E-state index contributed by atoms with van der Waals surface area (Å²) in [6.07, 6.45) is -0.518. The molecule has 0 aliphatic rings. The Morgan fingerprint density at radius 1 is 2.00 bits per heavy atom. The second kappa shape index (κ2) is 3.46. The van der Waals surface area contributed by atoms with Crippen LogP contribution in [0.15, 0.2) is 5.11 Å². The number of azide groups is 1. The Hall–Kier alpha value is -0.730. The molecular formula is C3H7N3O. The van der Waals surface area contributed by atoms with Crippen LogP contribution in [0.25, 0.3) is 10.4 Å². The lowest BCUT2D eigenvalue weighted by atomic mass is 10.4. The predicted molar refractivity (Wildman–Crippen MR) is 25.7 cm³/mol. The van der Waals surface area contributed by atoms with Gasteiger partial charge in [-0.05, 0) is 12.5 Å². The molecule has 1 atom stereocenters. The highest BCUT2D eigenvalue weighted by atomic mass is 16.3. The van der Waals surface area contributed by atoms with Crippen molar-refractivity contribution in [3.8, 4) is 0 Å². The molecule has 7 heavy (non-hydrogen) atoms. The van der Waals surface area contributed by atoms with Gasteiger partial charge in [-0.25, -0.2) is 0 Å². The molecule has 0 saturated heterocycles. The van der Waals surface area contributed by atoms with Crippen molar-refractivity contribution in [2.45, 2.75) is 13.0 Å². The molecule has 1 N–H and O–H groups in total. The van der Waals surface area contributed by atoms with Crippen molar-refractivity contribution in [1.82, 2.24) is 0 Å². The Bertz CT molecular complexity index is 84.2. The Morgan fingerprint density at radius 2 is 2.57 bits per heavy atom. The first-order valence-corrected chi connectivity index (χ1v) is 1.96. The van der Waals surface area contributed by atoms with Gasteiger partial charge in [0.05, 0.1) is 12.6 Å². The minimum atomic E-state index is -0.518. The van der Waals surface area contributed by atoms with Crippen LogP contribution in [0.4, 0.5) is 0 Å². The molecule has 0 aromatic rings. The summed E-state index contributed by atoms with van der Waals surface area (Å²) in [7, 11) is 0. The molecule has 40 valence electrons. The smallest absolute Gasteiger partial charge is 0.0568 e. The van der Waals surface area contributed by atoms with Gasteiger partial charge in [-0.15, -0.1) is 0 Å². The van der Waals surface area contributed by atoms with Crippen molar-refractivity contribution in [3.63, 3.8) is 0 Å². The third-order valence-electron chi connectivity index (χ3n) is 0.409. The van der Waals surface area contributed by atoms with Crippen LogP contribution in [-0.4, -0.2) is 17.8 Å². The molecule has 0 aliphatic heterocycles. The summed E-state index contributed by atoms with van der Waals surface area (Å²) in [4.78, 5) is 2.44. The summed E-state index contributed by atoms with van der Waals surface area (Å²) >= 11 is 0. The zero-order valence-electron chi connectivity index (χ0n) is 4.07. The topological polar surface area (TPSA) is 69.0 Å². The molecule has 0 aromatic carbocycles. The third-order valence-corrected chi connectivity index (χ3v) is 0.409. The Kier molecular flexibility index (Phi) is 3.10. The van der Waals surface area contributed by atoms with Crippen LogP contribution >= 0.6 is 0 Å². The van der Waals surface area contributed by atoms with E-state index in [1.54, 1.807) is 6.92 Å². The van der Waals surface area contributed by atoms with Crippen LogP contribution in [0.1, 0.15) is 6.92 Å². The van der Waals surface area contributed by atoms with Crippen molar-refractivity contribution in [3.05, 3.63) is 10.4 Å². The largest absolute Gasteiger partial charge is 0.393 e. The second-order valence-corrected chi connectivity index (χ2v) is 1.26. The molecule has 0 aromatic heterocycles. The minimum Gasteiger partial charge on any atom is -0.393 e. The van der Waals surface area contributed by atoms with Gasteiger partial charge in [0, 0.05) is 4.91 Å². The maximum Gasteiger partial charge on any atom is 0.0568 e. The highest BCUT2D eigenvalue weighted by Crippen LogP contribution is 1.78. The normalized spacial score (nSPS) is 12.3. The van der Waals surface area contributed by atoms with Gasteiger partial charge in [0.2, 0.25) is 0 Å². The fourth-order valence-corrected chi connectivity index (χ4v) is 0.155. The quantitative estimate of drug-likeness (QED) is 0.310. The summed E-state index contributed by atoms with van der Waals surface area (Å²) in [5.41, 5.74) is 7.66. The average molecular weight is 101 g/mol. The third kappa shape index (κ3) is 5.27. The van der Waals surface area contributed by atoms with Crippen LogP contribution in [0.5, 0.6) is 0 Å². The van der Waals surface area contributed by atoms with Gasteiger partial charge in [0.1, 0.15) is 0 Å². The predicted octanol–water partition coefficient (Wildman–Crippen LogP) is 0.677. The van der Waals surface area contributed by atoms with Gasteiger partial charge >= 0.3 is 0 Å². The van der Waals surface area contributed by atoms with Crippen LogP contribution in [0, 0.1) is 0 Å². The number of hydrogen-bond donors (Lipinski definition) is 1. The molecular weight excluding hydrogens is 94.1 g/mol. The maximum absolute atomic E-state index is 8.42. The summed E-state index contributed by atoms with van der Waals surface area (Å²) in [6.45, 7) is 1.73. The molecule has 0 heterocycles. The van der Waals surface area contributed by atoms with Gasteiger partial charge in [-0.2, -0.15) is 0 Å². The lowest BCUT2D eigenvalue weighted by Gasteiger charge is -1.91. The summed E-state index contributed by atoms with van der Waals surface area (Å²) in [5.74, 6) is 0. The van der Waals surface area contributed by atoms with Gasteiger partial charge in [0.25, 0.3) is 0 Å². The molecule has 0 spiro atoms. The summed E-state index contributed by atoms with van der Waals surface area (Å²) in [5, 5.41) is 11.5. The fraction of sp³-hybridized carbons (Fsp3) is 1.00. The number of nitrogens with zero attached hydrogens (tertiary/aromatic N) is 3. The van der Waals surface area contributed by atoms with E-state index in [1.807, 2.05) is 0 Å². The second-order valence-electron chi connectivity index (χ2n) is 1.26. The average Bonchev–Trinajstić information content (AvgIpc) is 1.61. The fourth-order valence-electron chi connectivity index (χ4n) is 0.155. The van der Waals surface area contributed by atoms with E-state index in [9.17, 15) is 0 Å². The van der Waals surface area contributed by atoms with Crippen LogP contribution in [0.3, 0.4) is 0 Å². The molecule has 0 radical (unpaired) electrons. The molecule has 0 saturated carbocycles. The summed E-state index contributed by atoms with van der Waals surface area (Å²) in [6, 6.07) is 0. The monoisotopic (exact) mass is 101 g/mol. The molecule has 4 nitrogen and oxygen atoms in total. The molecule has 0 fully saturated rings. The highest BCUT2D eigenvalue weighted by molar-refractivity contribution is 4.50. The molecule has 0 aliphatic carbocycles. The number of aliphatic hydroxyl groups excluding tert-OH is 1. The van der Waals surface area contributed by atoms with E-state index in [0.29, 0.717) is 0 Å². The van der Waals surface area contributed by atoms with Crippen molar-refractivity contribution >= 4 is 0 Å². The zero-order valence-corrected chi connectivity index (χ0v) is 4.07. The van der Waals surface area contributed by atoms with Gasteiger partial charge in [0.15, 0.2) is 0 Å². The molecule has 4 heteroatoms. The Labute approximate surface area is 41.4 Å². The van der Waals surface area contributed by atoms with Gasteiger partial charge in [-0.3, -0.25) is 0 Å². The highest BCUT2D eigenvalue weighted by Gasteiger charge is 1.86. The Balaban J connectivity index is 3.13. The number of hydrogen-bond acceptors (Lipinski definition) is 2. The molecule has 0 amide bonds. The first kappa shape index (κ1) is 6.27. The summed E-state index contributed by atoms with van der Waals surface area (Å²) < 4.78 is 0. The van der Waals surface area contributed by atoms with Crippen molar-refractivity contribution in [2.24, 2.45) is 5.11 Å². The minimum absolute atomic E-state index is 0.163. The van der Waals surface area contributed by atoms with Crippen LogP contribution < -0.4 is 0 Å². The van der Waals surface area contributed by atoms with Crippen LogP contribution in [0.2, 0.25) is 0 Å². The van der Waals surface area contributed by atoms with E-state index >= 15 is 0 Å². The molecule has 0 bridgehead atoms. The van der Waals surface area contributed by atoms with E-state index in [2.05, 4.69) is 10.0 Å².